The monoisotopic (exact) mass is 424 g/mol. The van der Waals surface area contributed by atoms with E-state index in [0.717, 1.165) is 39.4 Å². The number of hydrogen-bond donors (Lipinski definition) is 2. The van der Waals surface area contributed by atoms with E-state index in [-0.39, 0.29) is 5.91 Å². The van der Waals surface area contributed by atoms with Crippen molar-refractivity contribution in [1.29, 1.82) is 0 Å². The summed E-state index contributed by atoms with van der Waals surface area (Å²) in [6.45, 7) is 0. The van der Waals surface area contributed by atoms with Gasteiger partial charge in [0.25, 0.3) is 5.91 Å². The summed E-state index contributed by atoms with van der Waals surface area (Å²) in [7, 11) is 8.27. The van der Waals surface area contributed by atoms with Crippen molar-refractivity contribution in [2.24, 2.45) is 0 Å². The first-order valence-corrected chi connectivity index (χ1v) is 10.6. The topological polar surface area (TPSA) is 61.0 Å². The van der Waals surface area contributed by atoms with Crippen LogP contribution in [0.15, 0.2) is 66.9 Å². The van der Waals surface area contributed by atoms with E-state index in [2.05, 4.69) is 65.8 Å². The molecule has 4 aromatic rings. The smallest absolute Gasteiger partial charge is 0.255 e. The standard InChI is InChI=1S/C26H25N5O/c1-30(2)21-9-5-17(6-10-21)25-28-22-11-8-20(16-23(22)29-25)27-26(32)19-7-12-24-18(15-19)13-14-31(24,3)4/h5-16H,1-4H3,(H-,27,28,29,32)/p+1. The van der Waals surface area contributed by atoms with Crippen LogP contribution in [0.1, 0.15) is 15.9 Å². The summed E-state index contributed by atoms with van der Waals surface area (Å²) in [5.74, 6) is 0.678. The zero-order chi connectivity index (χ0) is 22.5. The molecule has 2 N–H and O–H groups in total. The molecule has 6 nitrogen and oxygen atoms in total. The molecule has 1 aliphatic heterocycles. The number of carbonyl (C=O) groups excluding carboxylic acids is 1. The third-order valence-corrected chi connectivity index (χ3v) is 5.93. The van der Waals surface area contributed by atoms with E-state index in [4.69, 9.17) is 4.98 Å². The highest BCUT2D eigenvalue weighted by atomic mass is 16.1. The Hall–Kier alpha value is -3.90. The average molecular weight is 425 g/mol. The molecule has 0 spiro atoms. The Morgan fingerprint density at radius 3 is 2.53 bits per heavy atom. The van der Waals surface area contributed by atoms with E-state index < -0.39 is 0 Å². The van der Waals surface area contributed by atoms with Crippen molar-refractivity contribution in [3.05, 3.63) is 78.0 Å². The Balaban J connectivity index is 1.37. The number of rotatable bonds is 4. The molecule has 1 amide bonds. The van der Waals surface area contributed by atoms with Gasteiger partial charge in [-0.25, -0.2) is 4.98 Å². The normalized spacial score (nSPS) is 13.9. The molecule has 0 saturated heterocycles. The van der Waals surface area contributed by atoms with Gasteiger partial charge in [-0.2, -0.15) is 0 Å². The maximum Gasteiger partial charge on any atom is 0.255 e. The van der Waals surface area contributed by atoms with Crippen LogP contribution in [0.2, 0.25) is 0 Å². The molecule has 160 valence electrons. The lowest BCUT2D eigenvalue weighted by Gasteiger charge is -2.21. The molecule has 0 radical (unpaired) electrons. The van der Waals surface area contributed by atoms with Crippen molar-refractivity contribution in [2.45, 2.75) is 0 Å². The summed E-state index contributed by atoms with van der Waals surface area (Å²) < 4.78 is 0.688. The van der Waals surface area contributed by atoms with Gasteiger partial charge in [-0.1, -0.05) is 0 Å². The predicted molar refractivity (Wildman–Crippen MR) is 133 cm³/mol. The third-order valence-electron chi connectivity index (χ3n) is 5.93. The van der Waals surface area contributed by atoms with E-state index >= 15 is 0 Å². The maximum atomic E-state index is 12.9. The Kier molecular flexibility index (Phi) is 4.60. The van der Waals surface area contributed by atoms with E-state index in [0.29, 0.717) is 10.0 Å². The van der Waals surface area contributed by atoms with Crippen molar-refractivity contribution < 1.29 is 4.79 Å². The van der Waals surface area contributed by atoms with Crippen LogP contribution in [0.25, 0.3) is 28.5 Å². The third kappa shape index (κ3) is 3.55. The molecule has 6 heteroatoms. The molecule has 32 heavy (non-hydrogen) atoms. The molecule has 0 unspecified atom stereocenters. The van der Waals surface area contributed by atoms with Crippen LogP contribution in [0, 0.1) is 0 Å². The lowest BCUT2D eigenvalue weighted by Crippen LogP contribution is -2.31. The number of carbonyl (C=O) groups is 1. The van der Waals surface area contributed by atoms with Gasteiger partial charge in [0.05, 0.1) is 25.1 Å². The van der Waals surface area contributed by atoms with Crippen LogP contribution >= 0.6 is 0 Å². The van der Waals surface area contributed by atoms with Crippen LogP contribution in [0.3, 0.4) is 0 Å². The van der Waals surface area contributed by atoms with Gasteiger partial charge in [0.2, 0.25) is 0 Å². The second-order valence-corrected chi connectivity index (χ2v) is 8.84. The summed E-state index contributed by atoms with van der Waals surface area (Å²) in [6, 6.07) is 19.8. The number of fused-ring (bicyclic) bond motifs is 2. The van der Waals surface area contributed by atoms with Crippen molar-refractivity contribution in [3.8, 4) is 11.4 Å². The minimum absolute atomic E-state index is 0.128. The first kappa shape index (κ1) is 20.0. The maximum absolute atomic E-state index is 12.9. The SMILES string of the molecule is CN(C)c1ccc(-c2nc3ccc(NC(=O)c4ccc5c(c4)C=C[N+]5(C)C)cc3[nH]2)cc1. The summed E-state index contributed by atoms with van der Waals surface area (Å²) >= 11 is 0. The second-order valence-electron chi connectivity index (χ2n) is 8.84. The number of H-pyrrole nitrogens is 1. The van der Waals surface area contributed by atoms with Gasteiger partial charge in [-0.05, 0) is 54.6 Å². The van der Waals surface area contributed by atoms with E-state index in [1.807, 2.05) is 50.5 Å². The average Bonchev–Trinajstić information content (AvgIpc) is 3.34. The van der Waals surface area contributed by atoms with Crippen molar-refractivity contribution in [2.75, 3.05) is 38.4 Å². The van der Waals surface area contributed by atoms with Crippen LogP contribution in [0.5, 0.6) is 0 Å². The summed E-state index contributed by atoms with van der Waals surface area (Å²) in [4.78, 5) is 23.0. The lowest BCUT2D eigenvalue weighted by molar-refractivity contribution is 0.102. The minimum atomic E-state index is -0.128. The van der Waals surface area contributed by atoms with Crippen LogP contribution in [-0.2, 0) is 0 Å². The van der Waals surface area contributed by atoms with Crippen molar-refractivity contribution in [1.82, 2.24) is 14.5 Å². The molecule has 0 fully saturated rings. The summed E-state index contributed by atoms with van der Waals surface area (Å²) in [6.07, 6.45) is 4.18. The van der Waals surface area contributed by atoms with Crippen LogP contribution in [-0.4, -0.2) is 44.1 Å². The number of aromatic amines is 1. The van der Waals surface area contributed by atoms with Gasteiger partial charge in [0.1, 0.15) is 17.7 Å². The molecule has 2 heterocycles. The van der Waals surface area contributed by atoms with Gasteiger partial charge < -0.3 is 15.2 Å². The molecule has 0 saturated carbocycles. The highest BCUT2D eigenvalue weighted by Gasteiger charge is 2.26. The zero-order valence-corrected chi connectivity index (χ0v) is 18.7. The number of amides is 1. The first-order valence-electron chi connectivity index (χ1n) is 10.6. The number of nitrogens with zero attached hydrogens (tertiary/aromatic N) is 3. The Morgan fingerprint density at radius 1 is 1.00 bits per heavy atom. The number of quaternary nitrogens is 1. The molecule has 1 aromatic heterocycles. The Labute approximate surface area is 187 Å². The van der Waals surface area contributed by atoms with Crippen LogP contribution < -0.4 is 14.7 Å². The largest absolute Gasteiger partial charge is 0.378 e. The number of nitrogens with one attached hydrogen (secondary N) is 2. The van der Waals surface area contributed by atoms with Gasteiger partial charge in [-0.15, -0.1) is 0 Å². The van der Waals surface area contributed by atoms with Gasteiger partial charge >= 0.3 is 0 Å². The Morgan fingerprint density at radius 2 is 1.78 bits per heavy atom. The highest BCUT2D eigenvalue weighted by molar-refractivity contribution is 6.05. The number of hydrogen-bond acceptors (Lipinski definition) is 3. The molecule has 3 aromatic carbocycles. The van der Waals surface area contributed by atoms with Gasteiger partial charge in [-0.3, -0.25) is 9.28 Å². The van der Waals surface area contributed by atoms with Crippen molar-refractivity contribution >= 4 is 40.1 Å². The molecule has 0 aliphatic carbocycles. The van der Waals surface area contributed by atoms with Gasteiger partial charge in [0.15, 0.2) is 0 Å². The number of aromatic nitrogens is 2. The molecular formula is C26H26N5O+. The number of anilines is 2. The summed E-state index contributed by atoms with van der Waals surface area (Å²) in [5.41, 5.74) is 7.53. The molecular weight excluding hydrogens is 398 g/mol. The van der Waals surface area contributed by atoms with E-state index in [1.165, 1.54) is 5.69 Å². The fourth-order valence-electron chi connectivity index (χ4n) is 4.05. The summed E-state index contributed by atoms with van der Waals surface area (Å²) in [5, 5.41) is 3.01. The second kappa shape index (κ2) is 7.35. The molecule has 0 bridgehead atoms. The predicted octanol–water partition coefficient (Wildman–Crippen LogP) is 5.10. The highest BCUT2D eigenvalue weighted by Crippen LogP contribution is 2.33. The lowest BCUT2D eigenvalue weighted by atomic mass is 10.1. The van der Waals surface area contributed by atoms with Crippen molar-refractivity contribution in [3.63, 3.8) is 0 Å². The fourth-order valence-corrected chi connectivity index (χ4v) is 4.05. The molecule has 1 aliphatic rings. The Bertz CT molecular complexity index is 1360. The van der Waals surface area contributed by atoms with E-state index in [9.17, 15) is 4.79 Å². The van der Waals surface area contributed by atoms with Gasteiger partial charge in [0, 0.05) is 54.3 Å². The number of imidazole rings is 1. The molecule has 0 atom stereocenters. The fraction of sp³-hybridized carbons (Fsp3) is 0.154. The van der Waals surface area contributed by atoms with E-state index in [1.54, 1.807) is 0 Å². The molecule has 5 rings (SSSR count). The zero-order valence-electron chi connectivity index (χ0n) is 18.7. The quantitative estimate of drug-likeness (QED) is 0.448. The first-order chi connectivity index (χ1) is 15.3. The van der Waals surface area contributed by atoms with Crippen LogP contribution in [0.4, 0.5) is 17.1 Å². The number of benzene rings is 3. The minimum Gasteiger partial charge on any atom is -0.378 e.